The minimum atomic E-state index is -4.11. The van der Waals surface area contributed by atoms with Gasteiger partial charge in [-0.3, -0.25) is 9.59 Å². The molecule has 0 aromatic heterocycles. The van der Waals surface area contributed by atoms with Crippen LogP contribution in [0.25, 0.3) is 10.4 Å². The van der Waals surface area contributed by atoms with Gasteiger partial charge in [0, 0.05) is 38.0 Å². The molecule has 2 heterocycles. The minimum Gasteiger partial charge on any atom is -0.460 e. The van der Waals surface area contributed by atoms with Crippen LogP contribution in [0, 0.1) is 5.92 Å². The van der Waals surface area contributed by atoms with Crippen LogP contribution >= 0.6 is 0 Å². The second kappa shape index (κ2) is 14.6. The number of azide groups is 1. The highest BCUT2D eigenvalue weighted by Crippen LogP contribution is 2.41. The average Bonchev–Trinajstić information content (AvgIpc) is 3.41. The Labute approximate surface area is 274 Å². The Morgan fingerprint density at radius 3 is 2.33 bits per heavy atom. The Kier molecular flexibility index (Phi) is 12.0. The Bertz CT molecular complexity index is 1360. The third-order valence-corrected chi connectivity index (χ3v) is 10.8. The van der Waals surface area contributed by atoms with Crippen molar-refractivity contribution in [3.8, 4) is 0 Å². The van der Waals surface area contributed by atoms with E-state index in [1.807, 2.05) is 58.0 Å². The van der Waals surface area contributed by atoms with Gasteiger partial charge in [-0.1, -0.05) is 41.9 Å². The predicted molar refractivity (Wildman–Crippen MR) is 175 cm³/mol. The van der Waals surface area contributed by atoms with E-state index in [2.05, 4.69) is 10.0 Å². The van der Waals surface area contributed by atoms with Gasteiger partial charge in [0.25, 0.3) is 10.2 Å². The lowest BCUT2D eigenvalue weighted by Crippen LogP contribution is -2.47. The molecule has 0 amide bonds. The lowest BCUT2D eigenvalue weighted by Gasteiger charge is -2.32. The first kappa shape index (κ1) is 37.8. The molecule has 2 fully saturated rings. The number of nitrogens with zero attached hydrogens (tertiary/aromatic N) is 5. The summed E-state index contributed by atoms with van der Waals surface area (Å²) in [5.41, 5.74) is 6.96. The molecule has 2 saturated heterocycles. The number of hydrogen-bond donors (Lipinski definition) is 0. The second-order valence-corrected chi connectivity index (χ2v) is 16.2. The lowest BCUT2D eigenvalue weighted by atomic mass is 9.78. The molecule has 15 heteroatoms. The molecule has 2 aliphatic heterocycles. The van der Waals surface area contributed by atoms with Crippen LogP contribution in [-0.4, -0.2) is 85.1 Å². The molecular weight excluding hydrogens is 613 g/mol. The zero-order valence-corrected chi connectivity index (χ0v) is 29.5. The summed E-state index contributed by atoms with van der Waals surface area (Å²) in [6.07, 6.45) is 1.00. The van der Waals surface area contributed by atoms with E-state index in [1.165, 1.54) is 11.4 Å². The van der Waals surface area contributed by atoms with Crippen LogP contribution in [0.4, 0.5) is 0 Å². The molecule has 1 aromatic rings. The van der Waals surface area contributed by atoms with E-state index in [0.717, 1.165) is 9.87 Å². The number of esters is 2. The molecule has 0 unspecified atom stereocenters. The van der Waals surface area contributed by atoms with Gasteiger partial charge in [-0.2, -0.15) is 17.0 Å². The van der Waals surface area contributed by atoms with E-state index in [9.17, 15) is 23.5 Å². The van der Waals surface area contributed by atoms with Crippen molar-refractivity contribution in [2.75, 3.05) is 26.7 Å². The third-order valence-electron chi connectivity index (χ3n) is 8.93. The van der Waals surface area contributed by atoms with Crippen LogP contribution in [0.1, 0.15) is 92.7 Å². The van der Waals surface area contributed by atoms with E-state index in [-0.39, 0.29) is 32.5 Å². The average molecular weight is 664 g/mol. The van der Waals surface area contributed by atoms with Crippen LogP contribution in [0.3, 0.4) is 0 Å². The first-order valence-electron chi connectivity index (χ1n) is 15.9. The molecule has 46 heavy (non-hydrogen) atoms. The fourth-order valence-corrected chi connectivity index (χ4v) is 7.13. The zero-order valence-electron chi connectivity index (χ0n) is 28.7. The van der Waals surface area contributed by atoms with Gasteiger partial charge in [-0.05, 0) is 91.6 Å². The zero-order chi connectivity index (χ0) is 34.6. The van der Waals surface area contributed by atoms with Crippen LogP contribution in [-0.2, 0) is 38.6 Å². The maximum atomic E-state index is 13.9. The van der Waals surface area contributed by atoms with Gasteiger partial charge in [0.15, 0.2) is 5.54 Å². The number of hydrogen-bond acceptors (Lipinski definition) is 9. The van der Waals surface area contributed by atoms with Crippen molar-refractivity contribution < 1.29 is 36.8 Å². The van der Waals surface area contributed by atoms with Gasteiger partial charge in [0.1, 0.15) is 11.7 Å². The van der Waals surface area contributed by atoms with Crippen LogP contribution in [0.5, 0.6) is 0 Å². The van der Waals surface area contributed by atoms with E-state index < -0.39 is 63.6 Å². The molecule has 0 bridgehead atoms. The molecule has 3 rings (SSSR count). The predicted octanol–water partition coefficient (Wildman–Crippen LogP) is 5.44. The SMILES string of the molecule is C[C@@H](OC(=O)[C@]1(N=[N+]=[N-])CN(S(=O)(=O)N(C)CCCC(=O)OC(C)(C)C)C[C@@H]1CCCB1OC(C)(C)C(C)(C)O1)c1ccccc1. The maximum Gasteiger partial charge on any atom is 0.457 e. The van der Waals surface area contributed by atoms with Crippen molar-refractivity contribution >= 4 is 29.3 Å². The van der Waals surface area contributed by atoms with E-state index >= 15 is 0 Å². The standard InChI is InChI=1S/C31H50BN5O8S/c1-23(24-15-11-10-12-16-24)42-27(39)31(34-35-33)22-37(46(40,41)36(9)20-14-18-26(38)43-28(2,3)4)21-25(31)17-13-19-32-44-29(5,6)30(7,8)45-32/h10-12,15-16,23,25H,13-14,17-22H2,1-9H3/t23-,25+,31+/m1/s1. The highest BCUT2D eigenvalue weighted by atomic mass is 32.2. The number of carbonyl (C=O) groups excluding carboxylic acids is 2. The summed E-state index contributed by atoms with van der Waals surface area (Å²) in [7, 11) is -3.16. The van der Waals surface area contributed by atoms with E-state index in [1.54, 1.807) is 27.7 Å². The van der Waals surface area contributed by atoms with Gasteiger partial charge >= 0.3 is 19.1 Å². The summed E-state index contributed by atoms with van der Waals surface area (Å²) in [5, 5.41) is 3.98. The number of benzene rings is 1. The highest BCUT2D eigenvalue weighted by molar-refractivity contribution is 7.86. The molecular formula is C31H50BN5O8S. The van der Waals surface area contributed by atoms with Gasteiger partial charge in [0.2, 0.25) is 0 Å². The Hall–Kier alpha value is -2.68. The van der Waals surface area contributed by atoms with Crippen molar-refractivity contribution in [2.45, 2.75) is 116 Å². The topological polar surface area (TPSA) is 160 Å². The number of rotatable bonds is 14. The Balaban J connectivity index is 1.80. The molecule has 256 valence electrons. The van der Waals surface area contributed by atoms with Crippen molar-refractivity contribution in [3.05, 3.63) is 46.3 Å². The first-order chi connectivity index (χ1) is 21.2. The fraction of sp³-hybridized carbons (Fsp3) is 0.742. The summed E-state index contributed by atoms with van der Waals surface area (Å²) < 4.78 is 53.3. The van der Waals surface area contributed by atoms with E-state index in [4.69, 9.17) is 18.8 Å². The summed E-state index contributed by atoms with van der Waals surface area (Å²) in [6.45, 7) is 14.5. The largest absolute Gasteiger partial charge is 0.460 e. The Morgan fingerprint density at radius 1 is 1.15 bits per heavy atom. The van der Waals surface area contributed by atoms with E-state index in [0.29, 0.717) is 19.2 Å². The lowest BCUT2D eigenvalue weighted by molar-refractivity contribution is -0.156. The summed E-state index contributed by atoms with van der Waals surface area (Å²) >= 11 is 0. The van der Waals surface area contributed by atoms with Crippen molar-refractivity contribution in [1.82, 2.24) is 8.61 Å². The fourth-order valence-electron chi connectivity index (χ4n) is 5.65. The smallest absolute Gasteiger partial charge is 0.457 e. The quantitative estimate of drug-likeness (QED) is 0.0836. The number of carbonyl (C=O) groups is 2. The minimum absolute atomic E-state index is 0.0467. The summed E-state index contributed by atoms with van der Waals surface area (Å²) in [6, 6.07) is 9.13. The first-order valence-corrected chi connectivity index (χ1v) is 17.2. The molecule has 13 nitrogen and oxygen atoms in total. The molecule has 2 aliphatic rings. The summed E-state index contributed by atoms with van der Waals surface area (Å²) in [4.78, 5) is 29.1. The van der Waals surface area contributed by atoms with Crippen LogP contribution in [0.2, 0.25) is 6.32 Å². The van der Waals surface area contributed by atoms with Gasteiger partial charge in [-0.25, -0.2) is 0 Å². The van der Waals surface area contributed by atoms with Crippen LogP contribution in [0.15, 0.2) is 35.4 Å². The maximum absolute atomic E-state index is 13.9. The van der Waals surface area contributed by atoms with Gasteiger partial charge in [0.05, 0.1) is 11.2 Å². The van der Waals surface area contributed by atoms with Crippen molar-refractivity contribution in [2.24, 2.45) is 11.0 Å². The number of ether oxygens (including phenoxy) is 2. The Morgan fingerprint density at radius 2 is 1.76 bits per heavy atom. The van der Waals surface area contributed by atoms with Crippen molar-refractivity contribution in [3.63, 3.8) is 0 Å². The normalized spacial score (nSPS) is 23.6. The highest BCUT2D eigenvalue weighted by Gasteiger charge is 2.57. The summed E-state index contributed by atoms with van der Waals surface area (Å²) in [5.74, 6) is -1.88. The van der Waals surface area contributed by atoms with Crippen LogP contribution < -0.4 is 0 Å². The molecule has 0 saturated carbocycles. The van der Waals surface area contributed by atoms with Gasteiger partial charge < -0.3 is 18.8 Å². The van der Waals surface area contributed by atoms with Crippen molar-refractivity contribution in [1.29, 1.82) is 0 Å². The molecule has 3 atom stereocenters. The molecule has 0 N–H and O–H groups in total. The molecule has 0 aliphatic carbocycles. The molecule has 0 radical (unpaired) electrons. The monoisotopic (exact) mass is 663 g/mol. The molecule has 0 spiro atoms. The third kappa shape index (κ3) is 9.02. The molecule has 1 aromatic carbocycles. The second-order valence-electron chi connectivity index (χ2n) is 14.2. The van der Waals surface area contributed by atoms with Gasteiger partial charge in [-0.15, -0.1) is 0 Å².